The van der Waals surface area contributed by atoms with Crippen LogP contribution in [0.5, 0.6) is 0 Å². The number of fused-ring (bicyclic) bond motifs is 1. The molecule has 2 aromatic heterocycles. The van der Waals surface area contributed by atoms with Crippen molar-refractivity contribution in [1.82, 2.24) is 19.7 Å². The minimum absolute atomic E-state index is 0.0801. The number of esters is 1. The molecule has 42 heavy (non-hydrogen) atoms. The smallest absolute Gasteiger partial charge is 0.406 e. The molecule has 0 radical (unpaired) electrons. The molecule has 3 heterocycles. The maximum absolute atomic E-state index is 14.0. The van der Waals surface area contributed by atoms with Crippen LogP contribution in [0.3, 0.4) is 0 Å². The molecular weight excluding hydrogens is 565 g/mol. The zero-order chi connectivity index (χ0) is 30.5. The zero-order valence-electron chi connectivity index (χ0n) is 24.3. The van der Waals surface area contributed by atoms with E-state index in [9.17, 15) is 19.6 Å². The van der Waals surface area contributed by atoms with E-state index in [1.165, 1.54) is 24.7 Å². The molecule has 0 bridgehead atoms. The second-order valence-electron chi connectivity index (χ2n) is 10.7. The second kappa shape index (κ2) is 13.6. The Labute approximate surface area is 244 Å². The lowest BCUT2D eigenvalue weighted by Crippen LogP contribution is -2.45. The summed E-state index contributed by atoms with van der Waals surface area (Å²) in [6, 6.07) is 11.4. The van der Waals surface area contributed by atoms with Crippen LogP contribution in [0.2, 0.25) is 0 Å². The van der Waals surface area contributed by atoms with Gasteiger partial charge in [-0.25, -0.2) is 19.2 Å². The number of aliphatic hydroxyl groups is 2. The molecule has 1 aromatic carbocycles. The van der Waals surface area contributed by atoms with Crippen LogP contribution >= 0.6 is 7.75 Å². The molecule has 3 aromatic rings. The number of nitrogen functional groups attached to an aromatic ring is 1. The van der Waals surface area contributed by atoms with Crippen molar-refractivity contribution in [2.24, 2.45) is 5.92 Å². The van der Waals surface area contributed by atoms with Gasteiger partial charge in [0.2, 0.25) is 0 Å². The molecule has 0 amide bonds. The van der Waals surface area contributed by atoms with Crippen LogP contribution in [-0.2, 0) is 34.5 Å². The van der Waals surface area contributed by atoms with E-state index in [2.05, 4.69) is 15.2 Å². The van der Waals surface area contributed by atoms with Crippen LogP contribution in [0, 0.1) is 5.92 Å². The van der Waals surface area contributed by atoms with Crippen LogP contribution in [-0.4, -0.2) is 67.8 Å². The highest BCUT2D eigenvalue weighted by atomic mass is 31.2. The molecule has 6 atom stereocenters. The monoisotopic (exact) mass is 605 g/mol. The van der Waals surface area contributed by atoms with Crippen molar-refractivity contribution in [3.8, 4) is 0 Å². The first-order valence-corrected chi connectivity index (χ1v) is 15.5. The van der Waals surface area contributed by atoms with Crippen molar-refractivity contribution in [1.29, 1.82) is 0 Å². The Morgan fingerprint density at radius 2 is 1.90 bits per heavy atom. The second-order valence-corrected chi connectivity index (χ2v) is 12.4. The summed E-state index contributed by atoms with van der Waals surface area (Å²) in [5.74, 6) is -0.140. The maximum atomic E-state index is 14.0. The van der Waals surface area contributed by atoms with Crippen molar-refractivity contribution in [3.63, 3.8) is 0 Å². The summed E-state index contributed by atoms with van der Waals surface area (Å²) in [4.78, 5) is 16.7. The number of nitrogens with one attached hydrogen (secondary N) is 1. The van der Waals surface area contributed by atoms with Gasteiger partial charge >= 0.3 is 13.7 Å². The molecule has 1 aliphatic rings. The van der Waals surface area contributed by atoms with Crippen molar-refractivity contribution < 1.29 is 38.1 Å². The van der Waals surface area contributed by atoms with Crippen LogP contribution in [0.4, 0.5) is 5.82 Å². The highest BCUT2D eigenvalue weighted by Gasteiger charge is 2.53. The number of anilines is 1. The summed E-state index contributed by atoms with van der Waals surface area (Å²) in [5.41, 5.74) is 6.09. The number of hydrogen-bond acceptors (Lipinski definition) is 11. The summed E-state index contributed by atoms with van der Waals surface area (Å²) in [5, 5.41) is 28.8. The lowest BCUT2D eigenvalue weighted by atomic mass is 9.97. The van der Waals surface area contributed by atoms with Gasteiger partial charge in [0.1, 0.15) is 41.8 Å². The van der Waals surface area contributed by atoms with Gasteiger partial charge < -0.3 is 25.4 Å². The van der Waals surface area contributed by atoms with E-state index in [1.54, 1.807) is 24.3 Å². The Hall–Kier alpha value is -2.90. The molecular formula is C28H40N5O8P. The molecule has 5 N–H and O–H groups in total. The fourth-order valence-corrected chi connectivity index (χ4v) is 6.25. The largest absolute Gasteiger partial charge is 0.464 e. The third-order valence-electron chi connectivity index (χ3n) is 7.54. The summed E-state index contributed by atoms with van der Waals surface area (Å²) in [6.07, 6.45) is -0.820. The van der Waals surface area contributed by atoms with E-state index >= 15 is 0 Å². The quantitative estimate of drug-likeness (QED) is 0.156. The van der Waals surface area contributed by atoms with Crippen molar-refractivity contribution in [3.05, 3.63) is 60.0 Å². The van der Waals surface area contributed by atoms with Crippen molar-refractivity contribution >= 4 is 25.1 Å². The first-order chi connectivity index (χ1) is 20.0. The molecule has 1 saturated heterocycles. The number of nitrogens with zero attached hydrogens (tertiary/aromatic N) is 3. The molecule has 1 aliphatic heterocycles. The average molecular weight is 606 g/mol. The highest BCUT2D eigenvalue weighted by Crippen LogP contribution is 2.49. The lowest BCUT2D eigenvalue weighted by molar-refractivity contribution is -0.146. The van der Waals surface area contributed by atoms with Crippen molar-refractivity contribution in [2.45, 2.75) is 77.1 Å². The number of benzene rings is 1. The number of rotatable bonds is 14. The number of aromatic nitrogens is 3. The fraction of sp³-hybridized carbons (Fsp3) is 0.536. The van der Waals surface area contributed by atoms with Gasteiger partial charge in [0, 0.05) is 0 Å². The molecule has 0 spiro atoms. The molecule has 0 aliphatic carbocycles. The Morgan fingerprint density at radius 1 is 1.19 bits per heavy atom. The van der Waals surface area contributed by atoms with Gasteiger partial charge in [0.15, 0.2) is 5.82 Å². The summed E-state index contributed by atoms with van der Waals surface area (Å²) in [6.45, 7) is 6.79. The predicted octanol–water partition coefficient (Wildman–Crippen LogP) is 3.16. The van der Waals surface area contributed by atoms with E-state index in [0.29, 0.717) is 11.2 Å². The van der Waals surface area contributed by atoms with Gasteiger partial charge in [-0.2, -0.15) is 5.10 Å². The van der Waals surface area contributed by atoms with Crippen LogP contribution < -0.4 is 10.8 Å². The number of carbonyl (C=O) groups excluding carboxylic acids is 1. The van der Waals surface area contributed by atoms with Crippen LogP contribution in [0.25, 0.3) is 5.52 Å². The standard InChI is InChI=1S/C28H40N5O8P/c1-5-19(6-2)14-38-27(36)18(3)32-42(37,39-15-20-10-8-7-9-11-20)40-16-28(4)25(35)23(34)24(41-28)21-12-13-22-26(29)30-17-31-33(21)22/h7-13,17-19,23-25,34-35H,5-6,14-16H2,1-4H3,(H,32,37)(H2,29,30,31)/t18-,23-,24-,25-,28+,42?/m0/s1. The third-order valence-corrected chi connectivity index (χ3v) is 9.19. The fourth-order valence-electron chi connectivity index (χ4n) is 4.70. The van der Waals surface area contributed by atoms with Crippen molar-refractivity contribution in [2.75, 3.05) is 18.9 Å². The Balaban J connectivity index is 1.49. The third kappa shape index (κ3) is 7.17. The van der Waals surface area contributed by atoms with E-state index in [1.807, 2.05) is 32.0 Å². The van der Waals surface area contributed by atoms with E-state index < -0.39 is 50.3 Å². The number of ether oxygens (including phenoxy) is 2. The number of carbonyl (C=O) groups is 1. The van der Waals surface area contributed by atoms with Gasteiger partial charge in [-0.1, -0.05) is 57.0 Å². The van der Waals surface area contributed by atoms with Gasteiger partial charge in [0.05, 0.1) is 25.5 Å². The molecule has 0 saturated carbocycles. The van der Waals surface area contributed by atoms with E-state index in [4.69, 9.17) is 24.3 Å². The van der Waals surface area contributed by atoms with E-state index in [-0.39, 0.29) is 24.9 Å². The minimum Gasteiger partial charge on any atom is -0.464 e. The lowest BCUT2D eigenvalue weighted by Gasteiger charge is -2.30. The number of nitrogens with two attached hydrogens (primary N) is 1. The molecule has 4 rings (SSSR count). The number of hydrogen-bond donors (Lipinski definition) is 4. The normalized spacial score (nSPS) is 24.6. The van der Waals surface area contributed by atoms with Gasteiger partial charge in [-0.15, -0.1) is 0 Å². The number of aliphatic hydroxyl groups excluding tert-OH is 2. The first kappa shape index (κ1) is 32.0. The van der Waals surface area contributed by atoms with Crippen LogP contribution in [0.15, 0.2) is 48.8 Å². The summed E-state index contributed by atoms with van der Waals surface area (Å²) < 4.78 is 38.5. The topological polar surface area (TPSA) is 180 Å². The van der Waals surface area contributed by atoms with Gasteiger partial charge in [0.25, 0.3) is 0 Å². The minimum atomic E-state index is -4.19. The SMILES string of the molecule is CCC(CC)COC(=O)[C@H](C)NP(=O)(OCc1ccccc1)OC[C@@]1(C)O[C@@H](c2ccc3c(N)ncnn23)[C@H](O)[C@@H]1O. The average Bonchev–Trinajstić information content (AvgIpc) is 3.52. The Kier molecular flexibility index (Phi) is 10.4. The maximum Gasteiger partial charge on any atom is 0.406 e. The first-order valence-electron chi connectivity index (χ1n) is 14.0. The Morgan fingerprint density at radius 3 is 2.60 bits per heavy atom. The van der Waals surface area contributed by atoms with Crippen LogP contribution in [0.1, 0.15) is 57.9 Å². The molecule has 230 valence electrons. The molecule has 1 unspecified atom stereocenters. The van der Waals surface area contributed by atoms with Gasteiger partial charge in [-0.05, 0) is 37.5 Å². The molecule has 1 fully saturated rings. The summed E-state index contributed by atoms with van der Waals surface area (Å²) >= 11 is 0. The van der Waals surface area contributed by atoms with Gasteiger partial charge in [-0.3, -0.25) is 13.8 Å². The molecule has 14 heteroatoms. The van der Waals surface area contributed by atoms with E-state index in [0.717, 1.165) is 18.4 Å². The molecule has 13 nitrogen and oxygen atoms in total. The predicted molar refractivity (Wildman–Crippen MR) is 154 cm³/mol. The zero-order valence-corrected chi connectivity index (χ0v) is 25.1. The highest BCUT2D eigenvalue weighted by molar-refractivity contribution is 7.51. The summed E-state index contributed by atoms with van der Waals surface area (Å²) in [7, 11) is -4.19. The Bertz CT molecular complexity index is 1390.